The average Bonchev–Trinajstić information content (AvgIpc) is 3.22. The number of amides is 1. The molecule has 0 saturated carbocycles. The zero-order valence-corrected chi connectivity index (χ0v) is 22.2. The van der Waals surface area contributed by atoms with Gasteiger partial charge in [-0.3, -0.25) is 9.36 Å². The fourth-order valence-corrected chi connectivity index (χ4v) is 4.26. The molecule has 190 valence electrons. The number of aromatic nitrogens is 1. The monoisotopic (exact) mass is 564 g/mol. The number of hydrogen-bond donors (Lipinski definition) is 3. The molecule has 0 radical (unpaired) electrons. The second-order valence-electron chi connectivity index (χ2n) is 9.39. The summed E-state index contributed by atoms with van der Waals surface area (Å²) in [5, 5.41) is 42.2. The highest BCUT2D eigenvalue weighted by molar-refractivity contribution is 9.10. The summed E-state index contributed by atoms with van der Waals surface area (Å²) in [5.74, 6) is -0.253. The lowest BCUT2D eigenvalue weighted by Crippen LogP contribution is -2.54. The van der Waals surface area contributed by atoms with Gasteiger partial charge in [0.05, 0.1) is 42.0 Å². The zero-order chi connectivity index (χ0) is 27.5. The third-order valence-corrected chi connectivity index (χ3v) is 6.31. The van der Waals surface area contributed by atoms with Gasteiger partial charge >= 0.3 is 6.09 Å². The van der Waals surface area contributed by atoms with Crippen LogP contribution in [-0.2, 0) is 0 Å². The fourth-order valence-electron chi connectivity index (χ4n) is 3.90. The summed E-state index contributed by atoms with van der Waals surface area (Å²) < 4.78 is 7.31. The number of ether oxygens (including phenoxy) is 1. The molecule has 9 nitrogen and oxygen atoms in total. The molecular weight excluding hydrogens is 540 g/mol. The number of methoxy groups -OCH3 is 1. The minimum Gasteiger partial charge on any atom is -0.496 e. The maximum atomic E-state index is 13.6. The Kier molecular flexibility index (Phi) is 8.07. The molecule has 0 spiro atoms. The number of carbonyl (C=O) groups excluding carboxylic acids is 1. The van der Waals surface area contributed by atoms with Crippen LogP contribution in [0.3, 0.4) is 0 Å². The van der Waals surface area contributed by atoms with E-state index in [1.54, 1.807) is 63.2 Å². The summed E-state index contributed by atoms with van der Waals surface area (Å²) in [4.78, 5) is 25.1. The number of aliphatic hydroxyl groups is 1. The predicted molar refractivity (Wildman–Crippen MR) is 142 cm³/mol. The van der Waals surface area contributed by atoms with Crippen molar-refractivity contribution in [3.63, 3.8) is 0 Å². The maximum absolute atomic E-state index is 13.6. The molecule has 0 aliphatic heterocycles. The highest BCUT2D eigenvalue weighted by atomic mass is 79.9. The highest BCUT2D eigenvalue weighted by Gasteiger charge is 2.38. The molecule has 0 fully saturated rings. The molecule has 3 aromatic rings. The lowest BCUT2D eigenvalue weighted by atomic mass is 9.84. The first-order valence-corrected chi connectivity index (χ1v) is 11.9. The van der Waals surface area contributed by atoms with Crippen LogP contribution in [0.2, 0.25) is 0 Å². The van der Waals surface area contributed by atoms with Crippen LogP contribution in [0.5, 0.6) is 5.75 Å². The van der Waals surface area contributed by atoms with Gasteiger partial charge in [-0.1, -0.05) is 36.7 Å². The molecule has 2 unspecified atom stereocenters. The summed E-state index contributed by atoms with van der Waals surface area (Å²) in [6, 6.07) is 12.7. The van der Waals surface area contributed by atoms with E-state index >= 15 is 0 Å². The number of carboxylic acid groups (broad SMARTS) is 1. The number of rotatable bonds is 6. The van der Waals surface area contributed by atoms with Crippen LogP contribution in [-0.4, -0.2) is 46.0 Å². The first kappa shape index (κ1) is 27.5. The number of allylic oxidation sites excluding steroid dienone is 1. The topological polar surface area (TPSA) is 148 Å². The predicted octanol–water partition coefficient (Wildman–Crippen LogP) is 5.03. The van der Waals surface area contributed by atoms with Gasteiger partial charge in [0.1, 0.15) is 11.8 Å². The number of nitrogens with one attached hydrogen (secondary N) is 1. The van der Waals surface area contributed by atoms with Gasteiger partial charge in [-0.25, -0.2) is 4.79 Å². The SMILES string of the molecule is COc1ccc(C#N)cc1/C=C(\C#N)c1cn(C(=O)C(NC(=O)O)C(O)C(C)(C)C)c2ccc(Br)cc12. The largest absolute Gasteiger partial charge is 0.496 e. The van der Waals surface area contributed by atoms with E-state index in [4.69, 9.17) is 4.74 Å². The number of hydrogen-bond acceptors (Lipinski definition) is 6. The Morgan fingerprint density at radius 3 is 2.46 bits per heavy atom. The van der Waals surface area contributed by atoms with E-state index < -0.39 is 29.6 Å². The molecule has 1 amide bonds. The number of nitriles is 2. The Morgan fingerprint density at radius 1 is 1.19 bits per heavy atom. The molecule has 10 heteroatoms. The van der Waals surface area contributed by atoms with Gasteiger partial charge in [0, 0.05) is 27.2 Å². The lowest BCUT2D eigenvalue weighted by molar-refractivity contribution is 0.0243. The minimum absolute atomic E-state index is 0.183. The van der Waals surface area contributed by atoms with E-state index in [0.29, 0.717) is 37.8 Å². The van der Waals surface area contributed by atoms with Crippen LogP contribution in [0.1, 0.15) is 42.3 Å². The number of halogens is 1. The molecule has 2 atom stereocenters. The van der Waals surface area contributed by atoms with Crippen molar-refractivity contribution in [2.45, 2.75) is 32.9 Å². The van der Waals surface area contributed by atoms with Gasteiger partial charge in [-0.05, 0) is 47.9 Å². The molecule has 1 heterocycles. The smallest absolute Gasteiger partial charge is 0.405 e. The van der Waals surface area contributed by atoms with E-state index in [2.05, 4.69) is 33.4 Å². The molecule has 0 aliphatic carbocycles. The van der Waals surface area contributed by atoms with E-state index in [0.717, 1.165) is 0 Å². The molecule has 0 saturated heterocycles. The maximum Gasteiger partial charge on any atom is 0.405 e. The van der Waals surface area contributed by atoms with Crippen molar-refractivity contribution < 1.29 is 24.5 Å². The molecule has 3 rings (SSSR count). The number of benzene rings is 2. The fraction of sp³-hybridized carbons (Fsp3) is 0.259. The summed E-state index contributed by atoms with van der Waals surface area (Å²) in [5.41, 5.74) is 1.06. The van der Waals surface area contributed by atoms with E-state index in [1.165, 1.54) is 17.9 Å². The van der Waals surface area contributed by atoms with Crippen molar-refractivity contribution in [2.75, 3.05) is 7.11 Å². The summed E-state index contributed by atoms with van der Waals surface area (Å²) >= 11 is 3.42. The van der Waals surface area contributed by atoms with Crippen molar-refractivity contribution in [1.29, 1.82) is 10.5 Å². The second kappa shape index (κ2) is 10.9. The second-order valence-corrected chi connectivity index (χ2v) is 10.3. The average molecular weight is 565 g/mol. The number of nitrogens with zero attached hydrogens (tertiary/aromatic N) is 3. The van der Waals surface area contributed by atoms with E-state index in [9.17, 15) is 30.3 Å². The van der Waals surface area contributed by atoms with Gasteiger partial charge in [0.15, 0.2) is 0 Å². The Balaban J connectivity index is 2.25. The van der Waals surface area contributed by atoms with Crippen molar-refractivity contribution in [1.82, 2.24) is 9.88 Å². The Morgan fingerprint density at radius 2 is 1.89 bits per heavy atom. The normalized spacial score (nSPS) is 13.4. The Labute approximate surface area is 222 Å². The van der Waals surface area contributed by atoms with Crippen LogP contribution in [0.15, 0.2) is 47.1 Å². The van der Waals surface area contributed by atoms with Crippen LogP contribution >= 0.6 is 15.9 Å². The molecule has 3 N–H and O–H groups in total. The first-order chi connectivity index (χ1) is 17.4. The van der Waals surface area contributed by atoms with Crippen LogP contribution in [0.25, 0.3) is 22.6 Å². The quantitative estimate of drug-likeness (QED) is 0.355. The molecule has 0 bridgehead atoms. The molecule has 0 aliphatic rings. The molecule has 1 aromatic heterocycles. The molecule has 2 aromatic carbocycles. The number of aliphatic hydroxyl groups excluding tert-OH is 1. The van der Waals surface area contributed by atoms with Crippen molar-refractivity contribution in [3.05, 3.63) is 63.8 Å². The summed E-state index contributed by atoms with van der Waals surface area (Å²) in [7, 11) is 1.47. The van der Waals surface area contributed by atoms with Gasteiger partial charge in [0.2, 0.25) is 0 Å². The summed E-state index contributed by atoms with van der Waals surface area (Å²) in [6.45, 7) is 5.07. The van der Waals surface area contributed by atoms with Crippen LogP contribution < -0.4 is 10.1 Å². The van der Waals surface area contributed by atoms with Gasteiger partial charge < -0.3 is 20.3 Å². The Hall–Kier alpha value is -4.12. The molecule has 37 heavy (non-hydrogen) atoms. The van der Waals surface area contributed by atoms with Gasteiger partial charge in [-0.15, -0.1) is 0 Å². The van der Waals surface area contributed by atoms with Crippen LogP contribution in [0.4, 0.5) is 4.79 Å². The number of fused-ring (bicyclic) bond motifs is 1. The van der Waals surface area contributed by atoms with Crippen LogP contribution in [0, 0.1) is 28.1 Å². The highest BCUT2D eigenvalue weighted by Crippen LogP contribution is 2.33. The van der Waals surface area contributed by atoms with E-state index in [-0.39, 0.29) is 5.57 Å². The van der Waals surface area contributed by atoms with Gasteiger partial charge in [-0.2, -0.15) is 10.5 Å². The van der Waals surface area contributed by atoms with Crippen molar-refractivity contribution >= 4 is 50.5 Å². The van der Waals surface area contributed by atoms with Crippen molar-refractivity contribution in [2.24, 2.45) is 5.41 Å². The lowest BCUT2D eigenvalue weighted by Gasteiger charge is -2.32. The first-order valence-electron chi connectivity index (χ1n) is 11.1. The zero-order valence-electron chi connectivity index (χ0n) is 20.6. The standard InChI is InChI=1S/C27H25BrN4O5/c1-27(2,3)24(33)23(31-26(35)36)25(34)32-14-20(19-11-18(28)6-7-21(19)32)17(13-30)10-16-9-15(12-29)5-8-22(16)37-4/h5-11,14,23-24,31,33H,1-4H3,(H,35,36)/b17-10+. The Bertz CT molecular complexity index is 1490. The third kappa shape index (κ3) is 5.83. The molecular formula is C27H25BrN4O5. The minimum atomic E-state index is -1.47. The summed E-state index contributed by atoms with van der Waals surface area (Å²) in [6.07, 6.45) is 0.210. The van der Waals surface area contributed by atoms with Gasteiger partial charge in [0.25, 0.3) is 5.91 Å². The third-order valence-electron chi connectivity index (χ3n) is 5.82. The van der Waals surface area contributed by atoms with Crippen molar-refractivity contribution in [3.8, 4) is 17.9 Å². The van der Waals surface area contributed by atoms with E-state index in [1.807, 2.05) is 0 Å². The number of carbonyl (C=O) groups is 2.